The predicted octanol–water partition coefficient (Wildman–Crippen LogP) is 1.72. The van der Waals surface area contributed by atoms with Crippen LogP contribution in [0.25, 0.3) is 0 Å². The number of hydrogen-bond donors (Lipinski definition) is 1. The average molecular weight is 262 g/mol. The van der Waals surface area contributed by atoms with E-state index < -0.39 is 6.04 Å². The summed E-state index contributed by atoms with van der Waals surface area (Å²) in [6.07, 6.45) is 4.16. The highest BCUT2D eigenvalue weighted by molar-refractivity contribution is 5.75. The summed E-state index contributed by atoms with van der Waals surface area (Å²) in [5.41, 5.74) is 8.49. The van der Waals surface area contributed by atoms with Gasteiger partial charge in [-0.15, -0.1) is 0 Å². The summed E-state index contributed by atoms with van der Waals surface area (Å²) < 4.78 is 4.66. The monoisotopic (exact) mass is 262 g/mol. The molecule has 1 unspecified atom stereocenters. The highest BCUT2D eigenvalue weighted by atomic mass is 16.5. The zero-order valence-corrected chi connectivity index (χ0v) is 11.5. The van der Waals surface area contributed by atoms with Gasteiger partial charge in [0.1, 0.15) is 6.04 Å². The smallest absolute Gasteiger partial charge is 0.322 e. The number of esters is 1. The number of hydrogen-bond acceptors (Lipinski definition) is 4. The minimum Gasteiger partial charge on any atom is -0.468 e. The van der Waals surface area contributed by atoms with Gasteiger partial charge in [-0.2, -0.15) is 0 Å². The number of anilines is 1. The van der Waals surface area contributed by atoms with Crippen LogP contribution in [0, 0.1) is 0 Å². The fraction of sp³-hybridized carbons (Fsp3) is 0.533. The van der Waals surface area contributed by atoms with Crippen molar-refractivity contribution in [1.82, 2.24) is 0 Å². The molecule has 0 spiro atoms. The van der Waals surface area contributed by atoms with E-state index in [1.807, 2.05) is 0 Å². The van der Waals surface area contributed by atoms with Crippen molar-refractivity contribution in [2.45, 2.75) is 31.7 Å². The van der Waals surface area contributed by atoms with Gasteiger partial charge in [-0.05, 0) is 37.3 Å². The molecule has 19 heavy (non-hydrogen) atoms. The molecule has 0 saturated heterocycles. The SMILES string of the molecule is COC(=O)C(N)CCN1CCCCc2ccccc21. The number of para-hydroxylation sites is 1. The maximum absolute atomic E-state index is 11.3. The topological polar surface area (TPSA) is 55.6 Å². The molecular weight excluding hydrogens is 240 g/mol. The van der Waals surface area contributed by atoms with Crippen molar-refractivity contribution in [3.8, 4) is 0 Å². The molecule has 0 aromatic heterocycles. The first-order chi connectivity index (χ1) is 9.22. The van der Waals surface area contributed by atoms with Gasteiger partial charge in [0.15, 0.2) is 0 Å². The van der Waals surface area contributed by atoms with E-state index in [1.165, 1.54) is 31.2 Å². The molecule has 4 nitrogen and oxygen atoms in total. The first-order valence-electron chi connectivity index (χ1n) is 6.88. The maximum atomic E-state index is 11.3. The van der Waals surface area contributed by atoms with Crippen LogP contribution in [-0.4, -0.2) is 32.2 Å². The molecule has 2 rings (SSSR count). The van der Waals surface area contributed by atoms with Crippen LogP contribution in [-0.2, 0) is 16.0 Å². The number of nitrogens with zero attached hydrogens (tertiary/aromatic N) is 1. The van der Waals surface area contributed by atoms with Crippen LogP contribution < -0.4 is 10.6 Å². The van der Waals surface area contributed by atoms with Crippen LogP contribution in [0.15, 0.2) is 24.3 Å². The lowest BCUT2D eigenvalue weighted by atomic mass is 10.1. The molecule has 0 bridgehead atoms. The van der Waals surface area contributed by atoms with Crippen molar-refractivity contribution in [3.63, 3.8) is 0 Å². The van der Waals surface area contributed by atoms with Gasteiger partial charge in [0.25, 0.3) is 0 Å². The second-order valence-corrected chi connectivity index (χ2v) is 4.99. The van der Waals surface area contributed by atoms with Crippen molar-refractivity contribution < 1.29 is 9.53 Å². The molecule has 1 aromatic carbocycles. The highest BCUT2D eigenvalue weighted by Crippen LogP contribution is 2.26. The molecular formula is C15H22N2O2. The zero-order chi connectivity index (χ0) is 13.7. The molecule has 1 aromatic rings. The second kappa shape index (κ2) is 6.57. The van der Waals surface area contributed by atoms with Crippen LogP contribution >= 0.6 is 0 Å². The van der Waals surface area contributed by atoms with E-state index in [-0.39, 0.29) is 5.97 Å². The van der Waals surface area contributed by atoms with E-state index in [1.54, 1.807) is 0 Å². The standard InChI is InChI=1S/C15H22N2O2/c1-19-15(18)13(16)9-11-17-10-5-4-7-12-6-2-3-8-14(12)17/h2-3,6,8,13H,4-5,7,9-11,16H2,1H3. The minimum absolute atomic E-state index is 0.330. The van der Waals surface area contributed by atoms with Crippen molar-refractivity contribution in [1.29, 1.82) is 0 Å². The Morgan fingerprint density at radius 3 is 3.00 bits per heavy atom. The first kappa shape index (κ1) is 13.9. The van der Waals surface area contributed by atoms with Gasteiger partial charge in [0.2, 0.25) is 0 Å². The number of carbonyl (C=O) groups excluding carboxylic acids is 1. The Hall–Kier alpha value is -1.55. The van der Waals surface area contributed by atoms with Crippen LogP contribution in [0.2, 0.25) is 0 Å². The molecule has 0 aliphatic carbocycles. The Labute approximate surface area is 114 Å². The molecule has 4 heteroatoms. The Balaban J connectivity index is 2.02. The first-order valence-corrected chi connectivity index (χ1v) is 6.88. The average Bonchev–Trinajstić information content (AvgIpc) is 2.66. The lowest BCUT2D eigenvalue weighted by molar-refractivity contribution is -0.142. The number of rotatable bonds is 4. The summed E-state index contributed by atoms with van der Waals surface area (Å²) in [6, 6.07) is 7.97. The van der Waals surface area contributed by atoms with Crippen LogP contribution in [0.4, 0.5) is 5.69 Å². The number of fused-ring (bicyclic) bond motifs is 1. The molecule has 1 aliphatic rings. The molecule has 1 atom stereocenters. The lowest BCUT2D eigenvalue weighted by Gasteiger charge is -2.25. The number of benzene rings is 1. The fourth-order valence-corrected chi connectivity index (χ4v) is 2.57. The summed E-state index contributed by atoms with van der Waals surface area (Å²) in [6.45, 7) is 1.83. The van der Waals surface area contributed by atoms with Crippen molar-refractivity contribution in [2.75, 3.05) is 25.1 Å². The summed E-state index contributed by atoms with van der Waals surface area (Å²) >= 11 is 0. The van der Waals surface area contributed by atoms with Gasteiger partial charge < -0.3 is 15.4 Å². The van der Waals surface area contributed by atoms with E-state index >= 15 is 0 Å². The summed E-state index contributed by atoms with van der Waals surface area (Å²) in [5.74, 6) is -0.330. The lowest BCUT2D eigenvalue weighted by Crippen LogP contribution is -2.36. The number of ether oxygens (including phenoxy) is 1. The van der Waals surface area contributed by atoms with E-state index in [0.717, 1.165) is 19.5 Å². The van der Waals surface area contributed by atoms with E-state index in [4.69, 9.17) is 5.73 Å². The Kier molecular flexibility index (Phi) is 4.80. The third-order valence-corrected chi connectivity index (χ3v) is 3.67. The number of aryl methyl sites for hydroxylation is 1. The van der Waals surface area contributed by atoms with Gasteiger partial charge in [-0.3, -0.25) is 4.79 Å². The number of carbonyl (C=O) groups is 1. The predicted molar refractivity (Wildman–Crippen MR) is 76.2 cm³/mol. The molecule has 104 valence electrons. The molecule has 1 aliphatic heterocycles. The van der Waals surface area contributed by atoms with Gasteiger partial charge in [0, 0.05) is 18.8 Å². The largest absolute Gasteiger partial charge is 0.468 e. The fourth-order valence-electron chi connectivity index (χ4n) is 2.57. The summed E-state index contributed by atoms with van der Waals surface area (Å²) in [7, 11) is 1.38. The van der Waals surface area contributed by atoms with Gasteiger partial charge in [-0.25, -0.2) is 0 Å². The van der Waals surface area contributed by atoms with Crippen molar-refractivity contribution >= 4 is 11.7 Å². The Bertz CT molecular complexity index is 434. The highest BCUT2D eigenvalue weighted by Gasteiger charge is 2.18. The third kappa shape index (κ3) is 3.47. The molecule has 0 amide bonds. The van der Waals surface area contributed by atoms with Crippen LogP contribution in [0.1, 0.15) is 24.8 Å². The molecule has 0 fully saturated rings. The van der Waals surface area contributed by atoms with Crippen LogP contribution in [0.3, 0.4) is 0 Å². The molecule has 0 radical (unpaired) electrons. The third-order valence-electron chi connectivity index (χ3n) is 3.67. The van der Waals surface area contributed by atoms with Crippen molar-refractivity contribution in [3.05, 3.63) is 29.8 Å². The van der Waals surface area contributed by atoms with Gasteiger partial charge in [0.05, 0.1) is 7.11 Å². The number of nitrogens with two attached hydrogens (primary N) is 1. The summed E-state index contributed by atoms with van der Waals surface area (Å²) in [4.78, 5) is 13.7. The Morgan fingerprint density at radius 2 is 2.21 bits per heavy atom. The molecule has 1 heterocycles. The molecule has 2 N–H and O–H groups in total. The zero-order valence-electron chi connectivity index (χ0n) is 11.5. The van der Waals surface area contributed by atoms with Crippen molar-refractivity contribution in [2.24, 2.45) is 5.73 Å². The van der Waals surface area contributed by atoms with E-state index in [2.05, 4.69) is 33.9 Å². The van der Waals surface area contributed by atoms with Crippen LogP contribution in [0.5, 0.6) is 0 Å². The minimum atomic E-state index is -0.527. The Morgan fingerprint density at radius 1 is 1.42 bits per heavy atom. The maximum Gasteiger partial charge on any atom is 0.322 e. The molecule has 0 saturated carbocycles. The van der Waals surface area contributed by atoms with E-state index in [9.17, 15) is 4.79 Å². The van der Waals surface area contributed by atoms with E-state index in [0.29, 0.717) is 6.42 Å². The summed E-state index contributed by atoms with van der Waals surface area (Å²) in [5, 5.41) is 0. The normalized spacial score (nSPS) is 16.4. The van der Waals surface area contributed by atoms with Gasteiger partial charge >= 0.3 is 5.97 Å². The van der Waals surface area contributed by atoms with Gasteiger partial charge in [-0.1, -0.05) is 18.2 Å². The number of methoxy groups -OCH3 is 1. The quantitative estimate of drug-likeness (QED) is 0.839. The second-order valence-electron chi connectivity index (χ2n) is 4.99.